The van der Waals surface area contributed by atoms with Crippen LogP contribution in [-0.2, 0) is 19.1 Å². The first-order valence-electron chi connectivity index (χ1n) is 13.1. The number of pyridine rings is 1. The van der Waals surface area contributed by atoms with E-state index < -0.39 is 35.6 Å². The molecule has 0 aliphatic carbocycles. The predicted molar refractivity (Wildman–Crippen MR) is 138 cm³/mol. The van der Waals surface area contributed by atoms with Crippen LogP contribution in [0.25, 0.3) is 6.08 Å². The third-order valence-corrected chi connectivity index (χ3v) is 8.22. The fourth-order valence-corrected chi connectivity index (χ4v) is 5.19. The van der Waals surface area contributed by atoms with Gasteiger partial charge in [0, 0.05) is 18.5 Å². The second-order valence-corrected chi connectivity index (χ2v) is 11.7. The van der Waals surface area contributed by atoms with Crippen molar-refractivity contribution in [2.24, 2.45) is 17.3 Å². The number of epoxide rings is 1. The lowest BCUT2D eigenvalue weighted by molar-refractivity contribution is -0.154. The van der Waals surface area contributed by atoms with Crippen LogP contribution in [0.15, 0.2) is 23.9 Å². The number of esters is 1. The molecule has 7 atom stereocenters. The molecule has 1 aromatic rings. The molecule has 200 valence electrons. The molecule has 3 rings (SSSR count). The van der Waals surface area contributed by atoms with Crippen LogP contribution < -0.4 is 0 Å². The zero-order valence-electron chi connectivity index (χ0n) is 22.8. The summed E-state index contributed by atoms with van der Waals surface area (Å²) in [6.07, 6.45) is 3.69. The Morgan fingerprint density at radius 3 is 2.50 bits per heavy atom. The number of Topliss-reactive ketones (excluding diaryl/α,β-unsaturated/α-hetero) is 1. The van der Waals surface area contributed by atoms with E-state index in [-0.39, 0.29) is 29.8 Å². The van der Waals surface area contributed by atoms with Crippen molar-refractivity contribution in [3.05, 3.63) is 35.2 Å². The van der Waals surface area contributed by atoms with Crippen molar-refractivity contribution in [2.75, 3.05) is 0 Å². The summed E-state index contributed by atoms with van der Waals surface area (Å²) in [6, 6.07) is 3.90. The monoisotopic (exact) mass is 501 g/mol. The van der Waals surface area contributed by atoms with E-state index in [1.807, 2.05) is 39.0 Å². The molecule has 0 saturated carbocycles. The number of ketones is 1. The van der Waals surface area contributed by atoms with Crippen molar-refractivity contribution in [3.63, 3.8) is 0 Å². The Kier molecular flexibility index (Phi) is 8.79. The van der Waals surface area contributed by atoms with Crippen LogP contribution in [0.1, 0.15) is 84.9 Å². The number of aromatic nitrogens is 1. The third-order valence-electron chi connectivity index (χ3n) is 8.22. The molecule has 0 aromatic carbocycles. The quantitative estimate of drug-likeness (QED) is 0.456. The van der Waals surface area contributed by atoms with Crippen molar-refractivity contribution in [1.29, 1.82) is 0 Å². The Hall–Kier alpha value is -2.09. The van der Waals surface area contributed by atoms with Crippen LogP contribution in [0, 0.1) is 24.2 Å². The van der Waals surface area contributed by atoms with Gasteiger partial charge in [0.1, 0.15) is 11.9 Å². The zero-order chi connectivity index (χ0) is 26.8. The number of carbonyl (C=O) groups is 2. The molecule has 36 heavy (non-hydrogen) atoms. The minimum Gasteiger partial charge on any atom is -0.458 e. The lowest BCUT2D eigenvalue weighted by Crippen LogP contribution is -2.45. The number of aliphatic hydroxyl groups is 2. The van der Waals surface area contributed by atoms with E-state index >= 15 is 0 Å². The Bertz CT molecular complexity index is 970. The van der Waals surface area contributed by atoms with E-state index in [0.717, 1.165) is 36.1 Å². The summed E-state index contributed by atoms with van der Waals surface area (Å²) in [5.74, 6) is -1.57. The molecular formula is C29H43NO6. The van der Waals surface area contributed by atoms with E-state index in [0.29, 0.717) is 6.42 Å². The number of cyclic esters (lactones) is 1. The van der Waals surface area contributed by atoms with Crippen LogP contribution in [-0.4, -0.2) is 57.0 Å². The molecule has 2 saturated heterocycles. The Morgan fingerprint density at radius 2 is 1.86 bits per heavy atom. The van der Waals surface area contributed by atoms with Crippen molar-refractivity contribution in [1.82, 2.24) is 4.98 Å². The van der Waals surface area contributed by atoms with Crippen molar-refractivity contribution < 1.29 is 29.3 Å². The van der Waals surface area contributed by atoms with E-state index in [4.69, 9.17) is 9.47 Å². The maximum Gasteiger partial charge on any atom is 0.309 e. The lowest BCUT2D eigenvalue weighted by atomic mass is 9.73. The maximum atomic E-state index is 13.2. The molecule has 7 heteroatoms. The normalized spacial score (nSPS) is 36.6. The molecule has 2 fully saturated rings. The molecule has 2 aliphatic heterocycles. The Labute approximate surface area is 215 Å². The predicted octanol–water partition coefficient (Wildman–Crippen LogP) is 4.42. The van der Waals surface area contributed by atoms with Crippen molar-refractivity contribution in [2.45, 2.75) is 111 Å². The topological polar surface area (TPSA) is 109 Å². The third kappa shape index (κ3) is 6.61. The van der Waals surface area contributed by atoms with Gasteiger partial charge in [-0.3, -0.25) is 14.6 Å². The van der Waals surface area contributed by atoms with Crippen molar-refractivity contribution in [3.8, 4) is 0 Å². The van der Waals surface area contributed by atoms with Gasteiger partial charge in [0.15, 0.2) is 0 Å². The molecule has 0 radical (unpaired) electrons. The molecule has 7 nitrogen and oxygen atoms in total. The minimum absolute atomic E-state index is 0.0559. The molecule has 2 aliphatic rings. The second kappa shape index (κ2) is 11.1. The first kappa shape index (κ1) is 28.5. The highest BCUT2D eigenvalue weighted by atomic mass is 16.6. The number of nitrogens with zero attached hydrogens (tertiary/aromatic N) is 1. The zero-order valence-corrected chi connectivity index (χ0v) is 22.8. The molecular weight excluding hydrogens is 458 g/mol. The molecule has 3 unspecified atom stereocenters. The summed E-state index contributed by atoms with van der Waals surface area (Å²) in [4.78, 5) is 30.6. The number of hydrogen-bond donors (Lipinski definition) is 2. The lowest BCUT2D eigenvalue weighted by Gasteiger charge is -2.34. The van der Waals surface area contributed by atoms with Gasteiger partial charge in [0.2, 0.25) is 0 Å². The van der Waals surface area contributed by atoms with Crippen LogP contribution in [0.4, 0.5) is 0 Å². The number of hydrogen-bond acceptors (Lipinski definition) is 7. The van der Waals surface area contributed by atoms with Gasteiger partial charge >= 0.3 is 5.97 Å². The number of fused-ring (bicyclic) bond motifs is 1. The summed E-state index contributed by atoms with van der Waals surface area (Å²) >= 11 is 0. The van der Waals surface area contributed by atoms with Gasteiger partial charge in [-0.15, -0.1) is 0 Å². The number of aliphatic hydroxyl groups excluding tert-OH is 2. The van der Waals surface area contributed by atoms with Gasteiger partial charge in [-0.05, 0) is 62.8 Å². The fourth-order valence-electron chi connectivity index (χ4n) is 5.19. The van der Waals surface area contributed by atoms with Gasteiger partial charge in [0.05, 0.1) is 41.4 Å². The average Bonchev–Trinajstić information content (AvgIpc) is 3.46. The van der Waals surface area contributed by atoms with Crippen LogP contribution in [0.3, 0.4) is 0 Å². The summed E-state index contributed by atoms with van der Waals surface area (Å²) in [6.45, 7) is 12.9. The summed E-state index contributed by atoms with van der Waals surface area (Å²) < 4.78 is 11.9. The van der Waals surface area contributed by atoms with Crippen LogP contribution >= 0.6 is 0 Å². The van der Waals surface area contributed by atoms with E-state index in [1.54, 1.807) is 27.0 Å². The Morgan fingerprint density at radius 1 is 1.17 bits per heavy atom. The van der Waals surface area contributed by atoms with E-state index in [9.17, 15) is 19.8 Å². The second-order valence-electron chi connectivity index (χ2n) is 11.7. The van der Waals surface area contributed by atoms with Gasteiger partial charge < -0.3 is 19.7 Å². The number of ether oxygens (including phenoxy) is 2. The highest BCUT2D eigenvalue weighted by molar-refractivity contribution is 5.88. The smallest absolute Gasteiger partial charge is 0.309 e. The van der Waals surface area contributed by atoms with Crippen LogP contribution in [0.5, 0.6) is 0 Å². The summed E-state index contributed by atoms with van der Waals surface area (Å²) in [7, 11) is 0. The van der Waals surface area contributed by atoms with E-state index in [1.165, 1.54) is 0 Å². The summed E-state index contributed by atoms with van der Waals surface area (Å²) in [5, 5.41) is 21.7. The largest absolute Gasteiger partial charge is 0.458 e. The highest BCUT2D eigenvalue weighted by Gasteiger charge is 2.53. The molecule has 1 aromatic heterocycles. The van der Waals surface area contributed by atoms with Gasteiger partial charge in [-0.25, -0.2) is 0 Å². The molecule has 2 N–H and O–H groups in total. The Balaban J connectivity index is 1.86. The number of carbonyl (C=O) groups excluding carboxylic acids is 2. The summed E-state index contributed by atoms with van der Waals surface area (Å²) in [5.41, 5.74) is 1.16. The highest BCUT2D eigenvalue weighted by Crippen LogP contribution is 2.45. The molecule has 3 heterocycles. The number of rotatable bonds is 2. The van der Waals surface area contributed by atoms with Crippen LogP contribution in [0.2, 0.25) is 0 Å². The molecule has 0 amide bonds. The van der Waals surface area contributed by atoms with E-state index in [2.05, 4.69) is 11.9 Å². The van der Waals surface area contributed by atoms with Gasteiger partial charge in [-0.2, -0.15) is 0 Å². The van der Waals surface area contributed by atoms with Gasteiger partial charge in [0.25, 0.3) is 0 Å². The first-order valence-corrected chi connectivity index (χ1v) is 13.1. The molecule has 0 spiro atoms. The number of aryl methyl sites for hydroxylation is 1. The fraction of sp³-hybridized carbons (Fsp3) is 0.690. The first-order chi connectivity index (χ1) is 16.7. The minimum atomic E-state index is -1.23. The molecule has 0 bridgehead atoms. The van der Waals surface area contributed by atoms with Crippen molar-refractivity contribution >= 4 is 17.8 Å². The standard InChI is InChI=1S/C29H43NO6/c1-17-10-11-21(30-16-17)13-19(3)22-14-24-29(7,36-24)12-8-9-18(2)26(33)20(4)27(34)28(5,6)23(31)15-25(32)35-22/h10-11,13,16,18,20,22-24,26,31,33H,8-9,12,14-15H2,1-7H3/b19-13+/t18?,20?,22-,23?,24-,26-,29+/m0/s1. The SMILES string of the molecule is C/C(=C\c1ccc(C)cn1)[C@@H]1C[C@@H]2O[C@]2(C)CCCC(C)[C@H](O)C(C)C(=O)C(C)(C)C(O)CC(=O)O1. The van der Waals surface area contributed by atoms with Gasteiger partial charge in [-0.1, -0.05) is 40.2 Å². The average molecular weight is 502 g/mol. The maximum absolute atomic E-state index is 13.2.